The van der Waals surface area contributed by atoms with Crippen LogP contribution in [0.2, 0.25) is 0 Å². The highest BCUT2D eigenvalue weighted by molar-refractivity contribution is 7.48. The second-order valence-electron chi connectivity index (χ2n) is 3.06. The minimum Gasteiger partial charge on any atom is -0.287 e. The molecule has 0 atom stereocenters. The van der Waals surface area contributed by atoms with E-state index in [1.165, 1.54) is 6.92 Å². The zero-order valence-electron chi connectivity index (χ0n) is 9.18. The fraction of sp³-hybridized carbons (Fsp3) is 1.00. The first kappa shape index (κ1) is 17.7. The van der Waals surface area contributed by atoms with Crippen LogP contribution < -0.4 is 0 Å². The zero-order valence-corrected chi connectivity index (χ0v) is 10.1. The quantitative estimate of drug-likeness (QED) is 0.531. The van der Waals surface area contributed by atoms with Crippen LogP contribution in [0.5, 0.6) is 0 Å². The molecule has 0 bridgehead atoms. The maximum Gasteiger partial charge on any atom is 0.475 e. The van der Waals surface area contributed by atoms with Gasteiger partial charge in [0.1, 0.15) is 0 Å². The molecule has 0 aliphatic rings. The van der Waals surface area contributed by atoms with Gasteiger partial charge in [0.2, 0.25) is 0 Å². The van der Waals surface area contributed by atoms with Crippen molar-refractivity contribution < 1.29 is 44.5 Å². The Morgan fingerprint density at radius 3 is 1.56 bits per heavy atom. The van der Waals surface area contributed by atoms with Gasteiger partial charge in [-0.1, -0.05) is 6.92 Å². The number of phosphoric ester groups is 1. The number of rotatable bonds is 7. The molecule has 0 rings (SSSR count). The summed E-state index contributed by atoms with van der Waals surface area (Å²) in [6.45, 7) is -2.89. The van der Waals surface area contributed by atoms with Crippen LogP contribution in [0, 0.1) is 0 Å². The minimum absolute atomic E-state index is 0.217. The van der Waals surface area contributed by atoms with E-state index >= 15 is 0 Å². The first-order valence-corrected chi connectivity index (χ1v) is 6.11. The predicted molar refractivity (Wildman–Crippen MR) is 47.9 cm³/mol. The molecule has 4 nitrogen and oxygen atoms in total. The van der Waals surface area contributed by atoms with Crippen molar-refractivity contribution >= 4 is 7.82 Å². The third-order valence-corrected chi connectivity index (χ3v) is 2.62. The minimum atomic E-state index is -4.87. The largest absolute Gasteiger partial charge is 0.475 e. The third kappa shape index (κ3) is 9.69. The molecule has 0 amide bonds. The van der Waals surface area contributed by atoms with Crippen molar-refractivity contribution in [2.45, 2.75) is 25.7 Å². The van der Waals surface area contributed by atoms with Crippen molar-refractivity contribution in [1.82, 2.24) is 0 Å². The van der Waals surface area contributed by atoms with Gasteiger partial charge < -0.3 is 0 Å². The lowest BCUT2D eigenvalue weighted by Gasteiger charge is -2.19. The van der Waals surface area contributed by atoms with Gasteiger partial charge >= 0.3 is 20.2 Å². The van der Waals surface area contributed by atoms with Gasteiger partial charge in [-0.2, -0.15) is 26.3 Å². The van der Waals surface area contributed by atoms with Gasteiger partial charge in [0, 0.05) is 0 Å². The molecule has 0 unspecified atom stereocenters. The lowest BCUT2D eigenvalue weighted by Crippen LogP contribution is -2.20. The van der Waals surface area contributed by atoms with Gasteiger partial charge in [0.25, 0.3) is 0 Å². The molecule has 0 saturated heterocycles. The molecule has 0 spiro atoms. The van der Waals surface area contributed by atoms with E-state index in [1.807, 2.05) is 0 Å². The molecule has 0 fully saturated rings. The first-order chi connectivity index (χ1) is 7.97. The smallest absolute Gasteiger partial charge is 0.287 e. The predicted octanol–water partition coefficient (Wildman–Crippen LogP) is 3.68. The molecule has 0 saturated carbocycles. The molecule has 11 heteroatoms. The van der Waals surface area contributed by atoms with E-state index in [1.54, 1.807) is 0 Å². The van der Waals surface area contributed by atoms with Crippen LogP contribution in [0.15, 0.2) is 0 Å². The monoisotopic (exact) mass is 304 g/mol. The fourth-order valence-electron chi connectivity index (χ4n) is 0.619. The summed E-state index contributed by atoms with van der Waals surface area (Å²) in [5, 5.41) is 0. The van der Waals surface area contributed by atoms with Gasteiger partial charge in [0.05, 0.1) is 6.61 Å². The molecule has 0 radical (unpaired) electrons. The third-order valence-electron chi connectivity index (χ3n) is 1.23. The SMILES string of the molecule is CCCOP(=O)(OCC(F)(F)F)OCC(F)(F)F. The van der Waals surface area contributed by atoms with Crippen LogP contribution >= 0.6 is 7.82 Å². The van der Waals surface area contributed by atoms with Crippen molar-refractivity contribution in [2.75, 3.05) is 19.8 Å². The number of alkyl halides is 6. The van der Waals surface area contributed by atoms with E-state index in [9.17, 15) is 30.9 Å². The summed E-state index contributed by atoms with van der Waals surface area (Å²) in [7, 11) is -4.87. The Labute approximate surface area is 98.8 Å². The lowest BCUT2D eigenvalue weighted by atomic mass is 10.5. The van der Waals surface area contributed by atoms with Crippen LogP contribution in [0.4, 0.5) is 26.3 Å². The number of phosphoric acid groups is 1. The van der Waals surface area contributed by atoms with Crippen molar-refractivity contribution in [2.24, 2.45) is 0 Å². The highest BCUT2D eigenvalue weighted by atomic mass is 31.2. The van der Waals surface area contributed by atoms with Crippen LogP contribution in [0.3, 0.4) is 0 Å². The van der Waals surface area contributed by atoms with Crippen molar-refractivity contribution in [3.63, 3.8) is 0 Å². The van der Waals surface area contributed by atoms with E-state index in [2.05, 4.69) is 13.6 Å². The summed E-state index contributed by atoms with van der Waals surface area (Å²) in [5.74, 6) is 0. The van der Waals surface area contributed by atoms with Crippen LogP contribution in [-0.2, 0) is 18.1 Å². The first-order valence-electron chi connectivity index (χ1n) is 4.64. The molecular weight excluding hydrogens is 293 g/mol. The van der Waals surface area contributed by atoms with Gasteiger partial charge in [-0.25, -0.2) is 4.57 Å². The summed E-state index contributed by atoms with van der Waals surface area (Å²) in [4.78, 5) is 0. The van der Waals surface area contributed by atoms with Gasteiger partial charge in [-0.3, -0.25) is 13.6 Å². The summed E-state index contributed by atoms with van der Waals surface area (Å²) in [5.41, 5.74) is 0. The van der Waals surface area contributed by atoms with Gasteiger partial charge in [-0.05, 0) is 6.42 Å². The Morgan fingerprint density at radius 1 is 0.889 bits per heavy atom. The fourth-order valence-corrected chi connectivity index (χ4v) is 1.86. The molecule has 0 aliphatic heterocycles. The van der Waals surface area contributed by atoms with Crippen LogP contribution in [-0.4, -0.2) is 32.2 Å². The Balaban J connectivity index is 4.48. The normalized spacial score (nSPS) is 13.9. The van der Waals surface area contributed by atoms with E-state index in [0.717, 1.165) is 0 Å². The molecule has 0 N–H and O–H groups in total. The average molecular weight is 304 g/mol. The molecule has 0 heterocycles. The van der Waals surface area contributed by atoms with Gasteiger partial charge in [-0.15, -0.1) is 0 Å². The highest BCUT2D eigenvalue weighted by Gasteiger charge is 2.39. The summed E-state index contributed by atoms with van der Waals surface area (Å²) in [6, 6.07) is 0. The van der Waals surface area contributed by atoms with E-state index in [4.69, 9.17) is 0 Å². The Hall–Kier alpha value is -0.310. The molecule has 18 heavy (non-hydrogen) atoms. The Morgan fingerprint density at radius 2 is 1.28 bits per heavy atom. The van der Waals surface area contributed by atoms with E-state index < -0.39 is 33.4 Å². The molecule has 0 aromatic carbocycles. The van der Waals surface area contributed by atoms with Crippen molar-refractivity contribution in [3.8, 4) is 0 Å². The van der Waals surface area contributed by atoms with Crippen molar-refractivity contribution in [1.29, 1.82) is 0 Å². The lowest BCUT2D eigenvalue weighted by molar-refractivity contribution is -0.170. The Kier molecular flexibility index (Phi) is 6.62. The molecule has 0 aliphatic carbocycles. The number of hydrogen-bond acceptors (Lipinski definition) is 4. The van der Waals surface area contributed by atoms with Crippen LogP contribution in [0.1, 0.15) is 13.3 Å². The second kappa shape index (κ2) is 6.74. The van der Waals surface area contributed by atoms with E-state index in [0.29, 0.717) is 0 Å². The average Bonchev–Trinajstić information content (AvgIpc) is 2.19. The maximum absolute atomic E-state index is 11.8. The number of halogens is 6. The molecule has 110 valence electrons. The number of hydrogen-bond donors (Lipinski definition) is 0. The Bertz CT molecular complexity index is 267. The second-order valence-corrected chi connectivity index (χ2v) is 4.73. The maximum atomic E-state index is 11.8. The van der Waals surface area contributed by atoms with Crippen LogP contribution in [0.25, 0.3) is 0 Å². The molecule has 0 aromatic heterocycles. The van der Waals surface area contributed by atoms with E-state index in [-0.39, 0.29) is 13.0 Å². The topological polar surface area (TPSA) is 44.8 Å². The zero-order chi connectivity index (χ0) is 14.4. The van der Waals surface area contributed by atoms with Crippen molar-refractivity contribution in [3.05, 3.63) is 0 Å². The highest BCUT2D eigenvalue weighted by Crippen LogP contribution is 2.51. The summed E-state index contributed by atoms with van der Waals surface area (Å²) >= 11 is 0. The summed E-state index contributed by atoms with van der Waals surface area (Å²) < 4.78 is 94.1. The molecule has 0 aromatic rings. The molecular formula is C7H11F6O4P. The standard InChI is InChI=1S/C7H11F6O4P/c1-2-3-15-18(14,16-4-6(8,9)10)17-5-7(11,12)13/h2-5H2,1H3. The van der Waals surface area contributed by atoms with Gasteiger partial charge in [0.15, 0.2) is 13.2 Å². The summed E-state index contributed by atoms with van der Waals surface area (Å²) in [6.07, 6.45) is -9.49.